The van der Waals surface area contributed by atoms with Gasteiger partial charge in [-0.1, -0.05) is 0 Å². The number of carbonyl (C=O) groups excluding carboxylic acids is 1. The topological polar surface area (TPSA) is 76.5 Å². The minimum atomic E-state index is -0.280. The van der Waals surface area contributed by atoms with Gasteiger partial charge in [-0.3, -0.25) is 9.59 Å². The Morgan fingerprint density at radius 3 is 2.75 bits per heavy atom. The van der Waals surface area contributed by atoms with Crippen LogP contribution in [0.1, 0.15) is 13.8 Å². The van der Waals surface area contributed by atoms with Crippen molar-refractivity contribution in [3.05, 3.63) is 22.6 Å². The van der Waals surface area contributed by atoms with E-state index in [1.165, 1.54) is 10.7 Å². The number of aromatic nitrogens is 2. The molecule has 1 fully saturated rings. The van der Waals surface area contributed by atoms with Gasteiger partial charge in [0.2, 0.25) is 5.91 Å². The van der Waals surface area contributed by atoms with E-state index in [0.717, 1.165) is 0 Å². The van der Waals surface area contributed by atoms with Crippen molar-refractivity contribution in [2.45, 2.75) is 26.4 Å². The van der Waals surface area contributed by atoms with Crippen molar-refractivity contribution in [2.75, 3.05) is 31.6 Å². The van der Waals surface area contributed by atoms with Crippen LogP contribution in [0.4, 0.5) is 5.69 Å². The Balaban J connectivity index is 2.02. The molecule has 2 heterocycles. The minimum Gasteiger partial charge on any atom is -0.381 e. The molecular formula is C13H20N4O3. The lowest BCUT2D eigenvalue weighted by atomic mass is 10.3. The van der Waals surface area contributed by atoms with Crippen LogP contribution in [0.2, 0.25) is 0 Å². The molecule has 1 aliphatic rings. The van der Waals surface area contributed by atoms with Gasteiger partial charge in [-0.15, -0.1) is 0 Å². The summed E-state index contributed by atoms with van der Waals surface area (Å²) in [4.78, 5) is 25.6. The highest BCUT2D eigenvalue weighted by molar-refractivity contribution is 5.76. The first kappa shape index (κ1) is 14.5. The van der Waals surface area contributed by atoms with E-state index in [-0.39, 0.29) is 24.1 Å². The number of anilines is 1. The molecule has 0 radical (unpaired) electrons. The van der Waals surface area contributed by atoms with Gasteiger partial charge in [-0.2, -0.15) is 5.10 Å². The van der Waals surface area contributed by atoms with Gasteiger partial charge >= 0.3 is 0 Å². The van der Waals surface area contributed by atoms with E-state index in [9.17, 15) is 9.59 Å². The summed E-state index contributed by atoms with van der Waals surface area (Å²) in [6, 6.07) is 1.68. The number of rotatable bonds is 4. The number of nitrogens with zero attached hydrogens (tertiary/aromatic N) is 3. The molecule has 1 amide bonds. The zero-order chi connectivity index (χ0) is 14.5. The molecule has 0 aliphatic carbocycles. The van der Waals surface area contributed by atoms with Crippen molar-refractivity contribution in [3.63, 3.8) is 0 Å². The van der Waals surface area contributed by atoms with Crippen molar-refractivity contribution in [1.29, 1.82) is 0 Å². The van der Waals surface area contributed by atoms with E-state index in [4.69, 9.17) is 4.74 Å². The first-order chi connectivity index (χ1) is 9.56. The zero-order valence-electron chi connectivity index (χ0n) is 11.8. The molecule has 0 aromatic carbocycles. The SMILES string of the molecule is CC(C)Nc1cnn(CC(=O)N2CCOCC2)c(=O)c1. The molecule has 1 saturated heterocycles. The molecule has 0 saturated carbocycles. The second-order valence-corrected chi connectivity index (χ2v) is 5.03. The normalized spacial score (nSPS) is 15.4. The molecule has 1 N–H and O–H groups in total. The number of carbonyl (C=O) groups is 1. The second-order valence-electron chi connectivity index (χ2n) is 5.03. The molecular weight excluding hydrogens is 260 g/mol. The van der Waals surface area contributed by atoms with Gasteiger partial charge in [0, 0.05) is 25.2 Å². The molecule has 0 atom stereocenters. The number of ether oxygens (including phenoxy) is 1. The predicted octanol–water partition coefficient (Wildman–Crippen LogP) is -0.0776. The number of morpholine rings is 1. The van der Waals surface area contributed by atoms with Crippen LogP contribution in [-0.4, -0.2) is 52.9 Å². The van der Waals surface area contributed by atoms with E-state index in [0.29, 0.717) is 32.0 Å². The van der Waals surface area contributed by atoms with E-state index in [2.05, 4.69) is 10.4 Å². The Morgan fingerprint density at radius 2 is 2.15 bits per heavy atom. The third-order valence-corrected chi connectivity index (χ3v) is 2.97. The second kappa shape index (κ2) is 6.51. The fraction of sp³-hybridized carbons (Fsp3) is 0.615. The number of amides is 1. The molecule has 1 aromatic rings. The Bertz CT molecular complexity index is 521. The van der Waals surface area contributed by atoms with Crippen LogP contribution in [-0.2, 0) is 16.1 Å². The summed E-state index contributed by atoms with van der Waals surface area (Å²) in [6.07, 6.45) is 1.56. The van der Waals surface area contributed by atoms with Gasteiger partial charge in [-0.25, -0.2) is 4.68 Å². The van der Waals surface area contributed by atoms with Gasteiger partial charge in [0.25, 0.3) is 5.56 Å². The highest BCUT2D eigenvalue weighted by Gasteiger charge is 2.17. The van der Waals surface area contributed by atoms with Gasteiger partial charge in [0.1, 0.15) is 6.54 Å². The fourth-order valence-corrected chi connectivity index (χ4v) is 2.01. The molecule has 1 aromatic heterocycles. The van der Waals surface area contributed by atoms with Crippen molar-refractivity contribution in [3.8, 4) is 0 Å². The molecule has 7 heteroatoms. The van der Waals surface area contributed by atoms with Crippen LogP contribution in [0.3, 0.4) is 0 Å². The van der Waals surface area contributed by atoms with Crippen LogP contribution >= 0.6 is 0 Å². The number of nitrogens with one attached hydrogen (secondary N) is 1. The maximum absolute atomic E-state index is 12.0. The largest absolute Gasteiger partial charge is 0.381 e. The lowest BCUT2D eigenvalue weighted by Crippen LogP contribution is -2.43. The highest BCUT2D eigenvalue weighted by Crippen LogP contribution is 2.03. The van der Waals surface area contributed by atoms with Gasteiger partial charge in [-0.05, 0) is 13.8 Å². The van der Waals surface area contributed by atoms with Gasteiger partial charge in [0.15, 0.2) is 0 Å². The maximum Gasteiger partial charge on any atom is 0.269 e. The van der Waals surface area contributed by atoms with Crippen LogP contribution in [0, 0.1) is 0 Å². The van der Waals surface area contributed by atoms with Crippen LogP contribution in [0.5, 0.6) is 0 Å². The van der Waals surface area contributed by atoms with Crippen molar-refractivity contribution in [1.82, 2.24) is 14.7 Å². The molecule has 20 heavy (non-hydrogen) atoms. The Hall–Kier alpha value is -1.89. The third kappa shape index (κ3) is 3.80. The molecule has 110 valence electrons. The van der Waals surface area contributed by atoms with Crippen molar-refractivity contribution in [2.24, 2.45) is 0 Å². The van der Waals surface area contributed by atoms with Crippen molar-refractivity contribution >= 4 is 11.6 Å². The monoisotopic (exact) mass is 280 g/mol. The van der Waals surface area contributed by atoms with Crippen molar-refractivity contribution < 1.29 is 9.53 Å². The Labute approximate surface area is 117 Å². The van der Waals surface area contributed by atoms with Gasteiger partial charge in [0.05, 0.1) is 25.1 Å². The first-order valence-electron chi connectivity index (χ1n) is 6.75. The number of hydrogen-bond donors (Lipinski definition) is 1. The smallest absolute Gasteiger partial charge is 0.269 e. The quantitative estimate of drug-likeness (QED) is 0.835. The predicted molar refractivity (Wildman–Crippen MR) is 74.7 cm³/mol. The Morgan fingerprint density at radius 1 is 1.45 bits per heavy atom. The standard InChI is InChI=1S/C13H20N4O3/c1-10(2)15-11-7-12(18)17(14-8-11)9-13(19)16-3-5-20-6-4-16/h7-8,10,15H,3-6,9H2,1-2H3. The number of hydrogen-bond acceptors (Lipinski definition) is 5. The van der Waals surface area contributed by atoms with Crippen LogP contribution in [0.15, 0.2) is 17.1 Å². The Kier molecular flexibility index (Phi) is 4.73. The zero-order valence-corrected chi connectivity index (χ0v) is 11.8. The van der Waals surface area contributed by atoms with Gasteiger partial charge < -0.3 is 15.0 Å². The van der Waals surface area contributed by atoms with E-state index in [1.807, 2.05) is 13.8 Å². The molecule has 7 nitrogen and oxygen atoms in total. The molecule has 0 bridgehead atoms. The third-order valence-electron chi connectivity index (χ3n) is 2.97. The summed E-state index contributed by atoms with van der Waals surface area (Å²) in [5, 5.41) is 7.13. The van der Waals surface area contributed by atoms with E-state index in [1.54, 1.807) is 11.1 Å². The first-order valence-corrected chi connectivity index (χ1v) is 6.75. The van der Waals surface area contributed by atoms with Crippen LogP contribution in [0.25, 0.3) is 0 Å². The fourth-order valence-electron chi connectivity index (χ4n) is 2.01. The molecule has 2 rings (SSSR count). The summed E-state index contributed by atoms with van der Waals surface area (Å²) in [5.74, 6) is -0.104. The summed E-state index contributed by atoms with van der Waals surface area (Å²) in [6.45, 7) is 6.17. The minimum absolute atomic E-state index is 0.0270. The summed E-state index contributed by atoms with van der Waals surface area (Å²) in [7, 11) is 0. The highest BCUT2D eigenvalue weighted by atomic mass is 16.5. The summed E-state index contributed by atoms with van der Waals surface area (Å²) >= 11 is 0. The summed E-state index contributed by atoms with van der Waals surface area (Å²) in [5.41, 5.74) is 0.386. The van der Waals surface area contributed by atoms with E-state index >= 15 is 0 Å². The maximum atomic E-state index is 12.0. The summed E-state index contributed by atoms with van der Waals surface area (Å²) < 4.78 is 6.37. The average Bonchev–Trinajstić information content (AvgIpc) is 2.42. The average molecular weight is 280 g/mol. The lowest BCUT2D eigenvalue weighted by molar-refractivity contribution is -0.136. The molecule has 1 aliphatic heterocycles. The van der Waals surface area contributed by atoms with Crippen LogP contribution < -0.4 is 10.9 Å². The lowest BCUT2D eigenvalue weighted by Gasteiger charge is -2.26. The van der Waals surface area contributed by atoms with E-state index < -0.39 is 0 Å². The molecule has 0 unspecified atom stereocenters. The molecule has 0 spiro atoms.